The van der Waals surface area contributed by atoms with Gasteiger partial charge < -0.3 is 4.90 Å². The second-order valence-electron chi connectivity index (χ2n) is 4.93. The molecule has 2 aromatic rings. The van der Waals surface area contributed by atoms with Gasteiger partial charge in [-0.05, 0) is 12.1 Å². The molecule has 24 heavy (non-hydrogen) atoms. The highest BCUT2D eigenvalue weighted by Crippen LogP contribution is 2.28. The molecule has 130 valence electrons. The molecule has 0 bridgehead atoms. The summed E-state index contributed by atoms with van der Waals surface area (Å²) in [5, 5.41) is 1.87. The maximum Gasteiger partial charge on any atom is 0.252 e. The Hall–Kier alpha value is -0.650. The van der Waals surface area contributed by atoms with Crippen molar-refractivity contribution in [2.24, 2.45) is 0 Å². The highest BCUT2D eigenvalue weighted by molar-refractivity contribution is 8.01. The Bertz CT molecular complexity index is 798. The van der Waals surface area contributed by atoms with E-state index in [4.69, 9.17) is 11.6 Å². The number of hydrogen-bond donors (Lipinski definition) is 0. The van der Waals surface area contributed by atoms with Gasteiger partial charge in [-0.3, -0.25) is 4.79 Å². The minimum absolute atomic E-state index is 0.00594. The Morgan fingerprint density at radius 1 is 1.29 bits per heavy atom. The van der Waals surface area contributed by atoms with Crippen LogP contribution < -0.4 is 0 Å². The number of hydrogen-bond acceptors (Lipinski definition) is 7. The van der Waals surface area contributed by atoms with Crippen molar-refractivity contribution >= 4 is 62.0 Å². The van der Waals surface area contributed by atoms with Crippen molar-refractivity contribution in [1.82, 2.24) is 14.2 Å². The lowest BCUT2D eigenvalue weighted by Crippen LogP contribution is -2.50. The quantitative estimate of drug-likeness (QED) is 0.691. The summed E-state index contributed by atoms with van der Waals surface area (Å²) in [5.74, 6) is 0.326. The van der Waals surface area contributed by atoms with Gasteiger partial charge in [0.1, 0.15) is 8.55 Å². The van der Waals surface area contributed by atoms with Gasteiger partial charge in [-0.25, -0.2) is 13.4 Å². The third-order valence-corrected chi connectivity index (χ3v) is 9.01. The molecule has 0 aliphatic carbocycles. The van der Waals surface area contributed by atoms with Gasteiger partial charge in [0.25, 0.3) is 10.0 Å². The molecular formula is C13H14ClN3O3S4. The molecule has 1 aliphatic rings. The van der Waals surface area contributed by atoms with Crippen LogP contribution in [0.25, 0.3) is 0 Å². The SMILES string of the molecule is O=C(CSc1nccs1)N1CCN(S(=O)(=O)c2ccc(Cl)s2)CC1. The molecule has 6 nitrogen and oxygen atoms in total. The maximum atomic E-state index is 12.5. The third-order valence-electron chi connectivity index (χ3n) is 3.46. The highest BCUT2D eigenvalue weighted by atomic mass is 35.5. The number of aromatic nitrogens is 1. The molecule has 1 fully saturated rings. The summed E-state index contributed by atoms with van der Waals surface area (Å²) in [5.41, 5.74) is 0. The van der Waals surface area contributed by atoms with Crippen LogP contribution >= 0.6 is 46.0 Å². The summed E-state index contributed by atoms with van der Waals surface area (Å²) in [4.78, 5) is 18.1. The number of rotatable bonds is 5. The van der Waals surface area contributed by atoms with Crippen LogP contribution in [0.15, 0.2) is 32.3 Å². The molecule has 0 atom stereocenters. The van der Waals surface area contributed by atoms with E-state index >= 15 is 0 Å². The zero-order valence-electron chi connectivity index (χ0n) is 12.4. The fraction of sp³-hybridized carbons (Fsp3) is 0.385. The Kier molecular flexibility index (Phi) is 5.83. The largest absolute Gasteiger partial charge is 0.339 e. The van der Waals surface area contributed by atoms with Crippen LogP contribution in [0.5, 0.6) is 0 Å². The summed E-state index contributed by atoms with van der Waals surface area (Å²) < 4.78 is 28.0. The van der Waals surface area contributed by atoms with Crippen molar-refractivity contribution in [3.63, 3.8) is 0 Å². The van der Waals surface area contributed by atoms with Gasteiger partial charge in [-0.15, -0.1) is 22.7 Å². The zero-order valence-corrected chi connectivity index (χ0v) is 16.4. The summed E-state index contributed by atoms with van der Waals surface area (Å²) in [6.45, 7) is 1.39. The van der Waals surface area contributed by atoms with Crippen LogP contribution in [0.4, 0.5) is 0 Å². The van der Waals surface area contributed by atoms with Gasteiger partial charge in [-0.2, -0.15) is 4.31 Å². The van der Waals surface area contributed by atoms with Crippen molar-refractivity contribution in [3.8, 4) is 0 Å². The van der Waals surface area contributed by atoms with Crippen molar-refractivity contribution in [2.45, 2.75) is 8.55 Å². The molecule has 11 heteroatoms. The lowest BCUT2D eigenvalue weighted by Gasteiger charge is -2.33. The molecular weight excluding hydrogens is 410 g/mol. The van der Waals surface area contributed by atoms with E-state index in [1.165, 1.54) is 33.5 Å². The lowest BCUT2D eigenvalue weighted by atomic mass is 10.3. The molecule has 1 amide bonds. The number of carbonyl (C=O) groups is 1. The molecule has 0 aromatic carbocycles. The summed E-state index contributed by atoms with van der Waals surface area (Å²) in [6.07, 6.45) is 1.71. The van der Waals surface area contributed by atoms with Gasteiger partial charge in [0.2, 0.25) is 5.91 Å². The van der Waals surface area contributed by atoms with Crippen LogP contribution in [0.2, 0.25) is 4.34 Å². The summed E-state index contributed by atoms with van der Waals surface area (Å²) in [6, 6.07) is 3.10. The van der Waals surface area contributed by atoms with Crippen LogP contribution in [0.1, 0.15) is 0 Å². The second-order valence-corrected chi connectivity index (χ2v) is 10.9. The predicted octanol–water partition coefficient (Wildman–Crippen LogP) is 2.48. The first-order chi connectivity index (χ1) is 11.5. The molecule has 1 aliphatic heterocycles. The second kappa shape index (κ2) is 7.71. The van der Waals surface area contributed by atoms with Gasteiger partial charge in [0.15, 0.2) is 0 Å². The molecule has 2 aromatic heterocycles. The van der Waals surface area contributed by atoms with Gasteiger partial charge in [0, 0.05) is 37.8 Å². The average molecular weight is 424 g/mol. The maximum absolute atomic E-state index is 12.5. The van der Waals surface area contributed by atoms with Gasteiger partial charge >= 0.3 is 0 Å². The van der Waals surface area contributed by atoms with E-state index in [2.05, 4.69) is 4.98 Å². The van der Waals surface area contributed by atoms with Crippen molar-refractivity contribution in [3.05, 3.63) is 28.0 Å². The standard InChI is InChI=1S/C13H14ClN3O3S4/c14-10-1-2-12(23-10)24(19,20)17-6-4-16(5-7-17)11(18)9-22-13-15-3-8-21-13/h1-3,8H,4-7,9H2. The number of amides is 1. The van der Waals surface area contributed by atoms with E-state index in [1.807, 2.05) is 5.38 Å². The van der Waals surface area contributed by atoms with Gasteiger partial charge in [-0.1, -0.05) is 23.4 Å². The van der Waals surface area contributed by atoms with Crippen LogP contribution in [-0.4, -0.2) is 60.4 Å². The predicted molar refractivity (Wildman–Crippen MR) is 97.5 cm³/mol. The number of thiazole rings is 1. The fourth-order valence-electron chi connectivity index (χ4n) is 2.24. The number of piperazine rings is 1. The Balaban J connectivity index is 1.54. The van der Waals surface area contributed by atoms with Gasteiger partial charge in [0.05, 0.1) is 10.1 Å². The monoisotopic (exact) mass is 423 g/mol. The van der Waals surface area contributed by atoms with E-state index in [0.29, 0.717) is 36.3 Å². The molecule has 0 spiro atoms. The number of sulfonamides is 1. The van der Waals surface area contributed by atoms with Crippen LogP contribution in [-0.2, 0) is 14.8 Å². The first-order valence-corrected chi connectivity index (χ1v) is 11.5. The number of nitrogens with zero attached hydrogens (tertiary/aromatic N) is 3. The molecule has 1 saturated heterocycles. The van der Waals surface area contributed by atoms with Crippen molar-refractivity contribution in [2.75, 3.05) is 31.9 Å². The molecule has 0 N–H and O–H groups in total. The zero-order chi connectivity index (χ0) is 17.2. The molecule has 3 heterocycles. The Morgan fingerprint density at radius 2 is 2.04 bits per heavy atom. The first-order valence-electron chi connectivity index (χ1n) is 7.02. The van der Waals surface area contributed by atoms with Crippen molar-refractivity contribution in [1.29, 1.82) is 0 Å². The van der Waals surface area contributed by atoms with E-state index in [1.54, 1.807) is 17.2 Å². The number of thiophene rings is 1. The molecule has 3 rings (SSSR count). The van der Waals surface area contributed by atoms with E-state index in [-0.39, 0.29) is 10.1 Å². The van der Waals surface area contributed by atoms with Crippen molar-refractivity contribution < 1.29 is 13.2 Å². The topological polar surface area (TPSA) is 70.6 Å². The highest BCUT2D eigenvalue weighted by Gasteiger charge is 2.31. The smallest absolute Gasteiger partial charge is 0.252 e. The minimum Gasteiger partial charge on any atom is -0.339 e. The molecule has 0 saturated carbocycles. The van der Waals surface area contributed by atoms with Crippen LogP contribution in [0.3, 0.4) is 0 Å². The number of halogens is 1. The minimum atomic E-state index is -3.52. The third kappa shape index (κ3) is 4.12. The lowest BCUT2D eigenvalue weighted by molar-refractivity contribution is -0.129. The van der Waals surface area contributed by atoms with E-state index in [0.717, 1.165) is 15.7 Å². The fourth-order valence-corrected chi connectivity index (χ4v) is 6.84. The van der Waals surface area contributed by atoms with Crippen LogP contribution in [0, 0.1) is 0 Å². The molecule has 0 radical (unpaired) electrons. The molecule has 0 unspecified atom stereocenters. The average Bonchev–Trinajstić information content (AvgIpc) is 3.24. The van der Waals surface area contributed by atoms with E-state index in [9.17, 15) is 13.2 Å². The summed E-state index contributed by atoms with van der Waals surface area (Å²) in [7, 11) is -3.52. The Morgan fingerprint density at radius 3 is 2.62 bits per heavy atom. The summed E-state index contributed by atoms with van der Waals surface area (Å²) >= 11 is 9.78. The first kappa shape index (κ1) is 18.2. The number of carbonyl (C=O) groups excluding carboxylic acids is 1. The number of thioether (sulfide) groups is 1. The normalized spacial score (nSPS) is 16.5. The van der Waals surface area contributed by atoms with E-state index < -0.39 is 10.0 Å². The Labute approximate surface area is 157 Å².